The Morgan fingerprint density at radius 1 is 1.35 bits per heavy atom. The first-order valence-corrected chi connectivity index (χ1v) is 9.69. The summed E-state index contributed by atoms with van der Waals surface area (Å²) in [5, 5.41) is 3.39. The van der Waals surface area contributed by atoms with Crippen LogP contribution in [0, 0.1) is 5.92 Å². The van der Waals surface area contributed by atoms with Crippen LogP contribution in [0.4, 0.5) is 0 Å². The Morgan fingerprint density at radius 2 is 1.96 bits per heavy atom. The zero-order valence-corrected chi connectivity index (χ0v) is 17.0. The third-order valence-corrected chi connectivity index (χ3v) is 5.71. The fourth-order valence-electron chi connectivity index (χ4n) is 2.73. The molecular weight excluding hydrogens is 396 g/mol. The lowest BCUT2D eigenvalue weighted by Crippen LogP contribution is -2.43. The van der Waals surface area contributed by atoms with Gasteiger partial charge in [-0.15, -0.1) is 24.2 Å². The number of likely N-dealkylation sites (tertiary alicyclic amines) is 1. The summed E-state index contributed by atoms with van der Waals surface area (Å²) in [5.41, 5.74) is 0. The lowest BCUT2D eigenvalue weighted by atomic mass is 9.96. The molecule has 0 spiro atoms. The van der Waals surface area contributed by atoms with Crippen LogP contribution in [0.2, 0.25) is 0 Å². The molecule has 1 fully saturated rings. The number of amides is 1. The maximum atomic E-state index is 12.6. The van der Waals surface area contributed by atoms with Gasteiger partial charge in [0.25, 0.3) is 0 Å². The number of piperidine rings is 1. The standard InChI is InChI=1S/C17H25BrN2OS.ClH/c1-3-19-12-14-8-10-20(11-9-14)17(21)13(2)22-16-6-4-15(18)5-7-16;/h4-7,13-14,19H,3,8-12H2,1-2H3;1H. The van der Waals surface area contributed by atoms with E-state index in [9.17, 15) is 4.79 Å². The van der Waals surface area contributed by atoms with E-state index in [-0.39, 0.29) is 23.6 Å². The van der Waals surface area contributed by atoms with Crippen LogP contribution in [0.5, 0.6) is 0 Å². The number of carbonyl (C=O) groups excluding carboxylic acids is 1. The topological polar surface area (TPSA) is 32.3 Å². The van der Waals surface area contributed by atoms with Crippen LogP contribution in [-0.4, -0.2) is 42.2 Å². The Bertz CT molecular complexity index is 478. The van der Waals surface area contributed by atoms with E-state index >= 15 is 0 Å². The third-order valence-electron chi connectivity index (χ3n) is 4.08. The van der Waals surface area contributed by atoms with Crippen molar-refractivity contribution in [2.75, 3.05) is 26.2 Å². The van der Waals surface area contributed by atoms with Crippen LogP contribution in [0.3, 0.4) is 0 Å². The van der Waals surface area contributed by atoms with Crippen molar-refractivity contribution in [3.63, 3.8) is 0 Å². The molecule has 6 heteroatoms. The van der Waals surface area contributed by atoms with Crippen LogP contribution >= 0.6 is 40.1 Å². The molecule has 1 saturated heterocycles. The summed E-state index contributed by atoms with van der Waals surface area (Å²) in [6.45, 7) is 8.07. The van der Waals surface area contributed by atoms with Gasteiger partial charge in [0.1, 0.15) is 0 Å². The molecule has 0 saturated carbocycles. The summed E-state index contributed by atoms with van der Waals surface area (Å²) in [6, 6.07) is 8.15. The minimum absolute atomic E-state index is 0. The number of nitrogens with one attached hydrogen (secondary N) is 1. The molecule has 1 aromatic rings. The molecule has 0 radical (unpaired) electrons. The highest BCUT2D eigenvalue weighted by Crippen LogP contribution is 2.27. The zero-order valence-electron chi connectivity index (χ0n) is 13.8. The number of nitrogens with zero attached hydrogens (tertiary/aromatic N) is 1. The molecule has 1 unspecified atom stereocenters. The van der Waals surface area contributed by atoms with Crippen LogP contribution < -0.4 is 5.32 Å². The van der Waals surface area contributed by atoms with E-state index in [0.717, 1.165) is 54.3 Å². The molecule has 2 rings (SSSR count). The highest BCUT2D eigenvalue weighted by Gasteiger charge is 2.26. The molecule has 0 bridgehead atoms. The van der Waals surface area contributed by atoms with Crippen molar-refractivity contribution >= 4 is 46.0 Å². The van der Waals surface area contributed by atoms with E-state index < -0.39 is 0 Å². The quantitative estimate of drug-likeness (QED) is 0.699. The molecule has 3 nitrogen and oxygen atoms in total. The SMILES string of the molecule is CCNCC1CCN(C(=O)C(C)Sc2ccc(Br)cc2)CC1.Cl. The smallest absolute Gasteiger partial charge is 0.235 e. The average molecular weight is 422 g/mol. The lowest BCUT2D eigenvalue weighted by Gasteiger charge is -2.33. The summed E-state index contributed by atoms with van der Waals surface area (Å²) in [7, 11) is 0. The van der Waals surface area contributed by atoms with Crippen molar-refractivity contribution in [2.24, 2.45) is 5.92 Å². The van der Waals surface area contributed by atoms with E-state index in [4.69, 9.17) is 0 Å². The Morgan fingerprint density at radius 3 is 2.52 bits per heavy atom. The molecular formula is C17H26BrClN2OS. The van der Waals surface area contributed by atoms with E-state index in [1.54, 1.807) is 11.8 Å². The first-order valence-electron chi connectivity index (χ1n) is 8.02. The largest absolute Gasteiger partial charge is 0.342 e. The molecule has 130 valence electrons. The molecule has 1 amide bonds. The first-order chi connectivity index (χ1) is 10.6. The maximum Gasteiger partial charge on any atom is 0.235 e. The number of thioether (sulfide) groups is 1. The molecule has 1 N–H and O–H groups in total. The van der Waals surface area contributed by atoms with Gasteiger partial charge >= 0.3 is 0 Å². The second-order valence-corrected chi connectivity index (χ2v) is 8.12. The summed E-state index contributed by atoms with van der Waals surface area (Å²) in [6.07, 6.45) is 2.24. The van der Waals surface area contributed by atoms with Gasteiger partial charge in [-0.2, -0.15) is 0 Å². The van der Waals surface area contributed by atoms with Gasteiger partial charge in [-0.25, -0.2) is 0 Å². The second-order valence-electron chi connectivity index (χ2n) is 5.79. The molecule has 1 aliphatic rings. The number of rotatable bonds is 6. The number of carbonyl (C=O) groups is 1. The molecule has 1 heterocycles. The number of hydrogen-bond donors (Lipinski definition) is 1. The predicted octanol–water partition coefficient (Wildman–Crippen LogP) is 4.20. The van der Waals surface area contributed by atoms with Gasteiger partial charge in [0.15, 0.2) is 0 Å². The van der Waals surface area contributed by atoms with E-state index in [0.29, 0.717) is 0 Å². The average Bonchev–Trinajstić information content (AvgIpc) is 2.55. The van der Waals surface area contributed by atoms with E-state index in [1.165, 1.54) is 0 Å². The molecule has 0 aliphatic carbocycles. The minimum Gasteiger partial charge on any atom is -0.342 e. The number of hydrogen-bond acceptors (Lipinski definition) is 3. The Kier molecular flexibility index (Phi) is 9.59. The Labute approximate surface area is 158 Å². The van der Waals surface area contributed by atoms with E-state index in [2.05, 4.69) is 40.3 Å². The van der Waals surface area contributed by atoms with Gasteiger partial charge in [0.2, 0.25) is 5.91 Å². The van der Waals surface area contributed by atoms with Crippen LogP contribution in [0.25, 0.3) is 0 Å². The molecule has 23 heavy (non-hydrogen) atoms. The fraction of sp³-hybridized carbons (Fsp3) is 0.588. The monoisotopic (exact) mass is 420 g/mol. The summed E-state index contributed by atoms with van der Waals surface area (Å²) >= 11 is 5.08. The van der Waals surface area contributed by atoms with Crippen molar-refractivity contribution in [3.05, 3.63) is 28.7 Å². The summed E-state index contributed by atoms with van der Waals surface area (Å²) in [5.74, 6) is 0.994. The normalized spacial score (nSPS) is 16.7. The van der Waals surface area contributed by atoms with Crippen molar-refractivity contribution in [1.29, 1.82) is 0 Å². The van der Waals surface area contributed by atoms with Gasteiger partial charge in [-0.1, -0.05) is 22.9 Å². The molecule has 1 atom stereocenters. The lowest BCUT2D eigenvalue weighted by molar-refractivity contribution is -0.131. The van der Waals surface area contributed by atoms with Gasteiger partial charge in [-0.05, 0) is 63.0 Å². The Hall–Kier alpha value is -0.230. The van der Waals surface area contributed by atoms with Gasteiger partial charge in [0, 0.05) is 22.5 Å². The fourth-order valence-corrected chi connectivity index (χ4v) is 3.95. The van der Waals surface area contributed by atoms with Crippen molar-refractivity contribution in [3.8, 4) is 0 Å². The van der Waals surface area contributed by atoms with Gasteiger partial charge in [0.05, 0.1) is 5.25 Å². The summed E-state index contributed by atoms with van der Waals surface area (Å²) < 4.78 is 1.07. The minimum atomic E-state index is -0.0218. The highest BCUT2D eigenvalue weighted by molar-refractivity contribution is 9.10. The van der Waals surface area contributed by atoms with Crippen molar-refractivity contribution in [1.82, 2.24) is 10.2 Å². The predicted molar refractivity (Wildman–Crippen MR) is 105 cm³/mol. The molecule has 1 aromatic carbocycles. The van der Waals surface area contributed by atoms with Crippen molar-refractivity contribution < 1.29 is 4.79 Å². The third kappa shape index (κ3) is 6.65. The Balaban J connectivity index is 0.00000264. The van der Waals surface area contributed by atoms with Gasteiger partial charge < -0.3 is 10.2 Å². The van der Waals surface area contributed by atoms with Crippen LogP contribution in [0.1, 0.15) is 26.7 Å². The first kappa shape index (κ1) is 20.8. The maximum absolute atomic E-state index is 12.6. The van der Waals surface area contributed by atoms with Crippen LogP contribution in [0.15, 0.2) is 33.6 Å². The van der Waals surface area contributed by atoms with Crippen LogP contribution in [-0.2, 0) is 4.79 Å². The number of halogens is 2. The van der Waals surface area contributed by atoms with E-state index in [1.807, 2.05) is 24.0 Å². The second kappa shape index (κ2) is 10.6. The number of benzene rings is 1. The zero-order chi connectivity index (χ0) is 15.9. The highest BCUT2D eigenvalue weighted by atomic mass is 79.9. The molecule has 0 aromatic heterocycles. The van der Waals surface area contributed by atoms with Gasteiger partial charge in [-0.3, -0.25) is 4.79 Å². The molecule has 1 aliphatic heterocycles. The summed E-state index contributed by atoms with van der Waals surface area (Å²) in [4.78, 5) is 15.8. The van der Waals surface area contributed by atoms with Crippen molar-refractivity contribution in [2.45, 2.75) is 36.8 Å².